The Labute approximate surface area is 91.2 Å². The van der Waals surface area contributed by atoms with Crippen molar-refractivity contribution in [2.75, 3.05) is 26.3 Å². The van der Waals surface area contributed by atoms with Gasteiger partial charge in [-0.2, -0.15) is 0 Å². The zero-order valence-corrected chi connectivity index (χ0v) is 9.45. The standard InChI is InChI=1S/C11H21NO3/c1-2-15-11(14)9-12(7-4-8-13)10-5-3-6-10/h10,13H,2-9H2,1H3. The fraction of sp³-hybridized carbons (Fsp3) is 0.909. The van der Waals surface area contributed by atoms with Crippen molar-refractivity contribution in [2.24, 2.45) is 0 Å². The Kier molecular flexibility index (Phi) is 5.65. The Balaban J connectivity index is 2.30. The van der Waals surface area contributed by atoms with Crippen molar-refractivity contribution in [3.05, 3.63) is 0 Å². The van der Waals surface area contributed by atoms with Gasteiger partial charge in [-0.05, 0) is 26.2 Å². The van der Waals surface area contributed by atoms with Crippen LogP contribution in [0.2, 0.25) is 0 Å². The fourth-order valence-electron chi connectivity index (χ4n) is 1.79. The number of carbonyl (C=O) groups excluding carboxylic acids is 1. The molecule has 0 saturated heterocycles. The van der Waals surface area contributed by atoms with Crippen LogP contribution in [0, 0.1) is 0 Å². The molecule has 0 heterocycles. The topological polar surface area (TPSA) is 49.8 Å². The number of aliphatic hydroxyl groups is 1. The van der Waals surface area contributed by atoms with Crippen molar-refractivity contribution >= 4 is 5.97 Å². The lowest BCUT2D eigenvalue weighted by molar-refractivity contribution is -0.145. The molecule has 0 bridgehead atoms. The number of carbonyl (C=O) groups is 1. The molecular weight excluding hydrogens is 194 g/mol. The maximum absolute atomic E-state index is 11.3. The number of esters is 1. The Hall–Kier alpha value is -0.610. The van der Waals surface area contributed by atoms with Crippen LogP contribution in [-0.2, 0) is 9.53 Å². The van der Waals surface area contributed by atoms with Crippen LogP contribution < -0.4 is 0 Å². The van der Waals surface area contributed by atoms with E-state index in [2.05, 4.69) is 4.90 Å². The summed E-state index contributed by atoms with van der Waals surface area (Å²) in [5, 5.41) is 8.78. The molecule has 0 aromatic heterocycles. The summed E-state index contributed by atoms with van der Waals surface area (Å²) in [5.74, 6) is -0.151. The molecule has 0 spiro atoms. The molecule has 0 amide bonds. The maximum atomic E-state index is 11.3. The Morgan fingerprint density at radius 1 is 1.53 bits per heavy atom. The van der Waals surface area contributed by atoms with E-state index < -0.39 is 0 Å². The van der Waals surface area contributed by atoms with Gasteiger partial charge in [-0.25, -0.2) is 0 Å². The molecule has 88 valence electrons. The highest BCUT2D eigenvalue weighted by Gasteiger charge is 2.26. The zero-order chi connectivity index (χ0) is 11.1. The van der Waals surface area contributed by atoms with Crippen molar-refractivity contribution in [3.8, 4) is 0 Å². The predicted octanol–water partition coefficient (Wildman–Crippen LogP) is 0.786. The molecule has 1 N–H and O–H groups in total. The Morgan fingerprint density at radius 2 is 2.27 bits per heavy atom. The summed E-state index contributed by atoms with van der Waals surface area (Å²) in [6.45, 7) is 3.61. The second-order valence-corrected chi connectivity index (χ2v) is 3.94. The molecule has 15 heavy (non-hydrogen) atoms. The lowest BCUT2D eigenvalue weighted by Crippen LogP contribution is -2.44. The number of aliphatic hydroxyl groups excluding tert-OH is 1. The van der Waals surface area contributed by atoms with Crippen LogP contribution in [0.5, 0.6) is 0 Å². The summed E-state index contributed by atoms with van der Waals surface area (Å²) < 4.78 is 4.93. The minimum Gasteiger partial charge on any atom is -0.465 e. The largest absolute Gasteiger partial charge is 0.465 e. The van der Waals surface area contributed by atoms with E-state index in [-0.39, 0.29) is 12.6 Å². The molecule has 0 radical (unpaired) electrons. The predicted molar refractivity (Wildman–Crippen MR) is 57.5 cm³/mol. The molecule has 0 atom stereocenters. The van der Waals surface area contributed by atoms with Crippen molar-refractivity contribution < 1.29 is 14.6 Å². The van der Waals surface area contributed by atoms with Gasteiger partial charge in [0, 0.05) is 19.2 Å². The van der Waals surface area contributed by atoms with Gasteiger partial charge in [-0.15, -0.1) is 0 Å². The minimum atomic E-state index is -0.151. The highest BCUT2D eigenvalue weighted by molar-refractivity contribution is 5.71. The number of hydrogen-bond donors (Lipinski definition) is 1. The number of nitrogens with zero attached hydrogens (tertiary/aromatic N) is 1. The highest BCUT2D eigenvalue weighted by Crippen LogP contribution is 2.24. The third-order valence-corrected chi connectivity index (χ3v) is 2.83. The summed E-state index contributed by atoms with van der Waals surface area (Å²) in [6.07, 6.45) is 4.33. The molecule has 1 saturated carbocycles. The second kappa shape index (κ2) is 6.80. The van der Waals surface area contributed by atoms with Crippen molar-refractivity contribution in [3.63, 3.8) is 0 Å². The van der Waals surface area contributed by atoms with Crippen LogP contribution in [0.3, 0.4) is 0 Å². The fourth-order valence-corrected chi connectivity index (χ4v) is 1.79. The molecule has 4 heteroatoms. The molecule has 0 aliphatic heterocycles. The first kappa shape index (κ1) is 12.5. The molecule has 0 aromatic rings. The SMILES string of the molecule is CCOC(=O)CN(CCCO)C1CCC1. The van der Waals surface area contributed by atoms with Gasteiger partial charge in [0.15, 0.2) is 0 Å². The third kappa shape index (κ3) is 4.18. The first-order valence-electron chi connectivity index (χ1n) is 5.78. The summed E-state index contributed by atoms with van der Waals surface area (Å²) in [4.78, 5) is 13.5. The van der Waals surface area contributed by atoms with E-state index in [4.69, 9.17) is 9.84 Å². The zero-order valence-electron chi connectivity index (χ0n) is 9.45. The number of rotatable bonds is 7. The normalized spacial score (nSPS) is 16.5. The summed E-state index contributed by atoms with van der Waals surface area (Å²) in [5.41, 5.74) is 0. The molecule has 1 fully saturated rings. The maximum Gasteiger partial charge on any atom is 0.320 e. The quantitative estimate of drug-likeness (QED) is 0.638. The van der Waals surface area contributed by atoms with E-state index in [1.54, 1.807) is 0 Å². The monoisotopic (exact) mass is 215 g/mol. The Morgan fingerprint density at radius 3 is 2.73 bits per heavy atom. The van der Waals surface area contributed by atoms with Gasteiger partial charge in [-0.3, -0.25) is 9.69 Å². The van der Waals surface area contributed by atoms with Gasteiger partial charge in [0.2, 0.25) is 0 Å². The van der Waals surface area contributed by atoms with Gasteiger partial charge >= 0.3 is 5.97 Å². The number of ether oxygens (including phenoxy) is 1. The molecule has 0 unspecified atom stereocenters. The molecule has 1 aliphatic carbocycles. The van der Waals surface area contributed by atoms with Gasteiger partial charge in [0.05, 0.1) is 13.2 Å². The van der Waals surface area contributed by atoms with E-state index in [0.29, 0.717) is 19.2 Å². The average Bonchev–Trinajstić information content (AvgIpc) is 2.11. The minimum absolute atomic E-state index is 0.151. The molecule has 1 aliphatic rings. The highest BCUT2D eigenvalue weighted by atomic mass is 16.5. The summed E-state index contributed by atoms with van der Waals surface area (Å²) in [7, 11) is 0. The molecule has 4 nitrogen and oxygen atoms in total. The van der Waals surface area contributed by atoms with Gasteiger partial charge in [-0.1, -0.05) is 6.42 Å². The van der Waals surface area contributed by atoms with E-state index in [9.17, 15) is 4.79 Å². The van der Waals surface area contributed by atoms with Crippen LogP contribution in [0.1, 0.15) is 32.6 Å². The third-order valence-electron chi connectivity index (χ3n) is 2.83. The Bertz CT molecular complexity index is 192. The van der Waals surface area contributed by atoms with E-state index in [1.165, 1.54) is 19.3 Å². The smallest absolute Gasteiger partial charge is 0.320 e. The molecule has 1 rings (SSSR count). The van der Waals surface area contributed by atoms with Crippen LogP contribution >= 0.6 is 0 Å². The average molecular weight is 215 g/mol. The molecule has 0 aromatic carbocycles. The van der Waals surface area contributed by atoms with Crippen molar-refractivity contribution in [1.29, 1.82) is 0 Å². The van der Waals surface area contributed by atoms with Gasteiger partial charge < -0.3 is 9.84 Å². The van der Waals surface area contributed by atoms with Crippen molar-refractivity contribution in [2.45, 2.75) is 38.6 Å². The summed E-state index contributed by atoms with van der Waals surface area (Å²) in [6, 6.07) is 0.529. The number of hydrogen-bond acceptors (Lipinski definition) is 4. The van der Waals surface area contributed by atoms with Crippen LogP contribution in [0.15, 0.2) is 0 Å². The second-order valence-electron chi connectivity index (χ2n) is 3.94. The van der Waals surface area contributed by atoms with E-state index >= 15 is 0 Å². The first-order valence-corrected chi connectivity index (χ1v) is 5.78. The van der Waals surface area contributed by atoms with E-state index in [0.717, 1.165) is 13.0 Å². The lowest BCUT2D eigenvalue weighted by atomic mass is 9.91. The van der Waals surface area contributed by atoms with Crippen LogP contribution in [0.4, 0.5) is 0 Å². The van der Waals surface area contributed by atoms with E-state index in [1.807, 2.05) is 6.92 Å². The van der Waals surface area contributed by atoms with Gasteiger partial charge in [0.25, 0.3) is 0 Å². The van der Waals surface area contributed by atoms with Crippen LogP contribution in [-0.4, -0.2) is 48.3 Å². The van der Waals surface area contributed by atoms with Gasteiger partial charge in [0.1, 0.15) is 0 Å². The van der Waals surface area contributed by atoms with Crippen LogP contribution in [0.25, 0.3) is 0 Å². The summed E-state index contributed by atoms with van der Waals surface area (Å²) >= 11 is 0. The lowest BCUT2D eigenvalue weighted by Gasteiger charge is -2.36. The first-order chi connectivity index (χ1) is 7.27. The molecular formula is C11H21NO3. The van der Waals surface area contributed by atoms with Crippen molar-refractivity contribution in [1.82, 2.24) is 4.90 Å².